The largest absolute Gasteiger partial charge is 0.497 e. The second-order valence-electron chi connectivity index (χ2n) is 6.01. The summed E-state index contributed by atoms with van der Waals surface area (Å²) in [5, 5.41) is 3.14. The van der Waals surface area contributed by atoms with Gasteiger partial charge in [0.1, 0.15) is 11.5 Å². The quantitative estimate of drug-likeness (QED) is 0.614. The molecule has 0 radical (unpaired) electrons. The highest BCUT2D eigenvalue weighted by Gasteiger charge is 2.12. The van der Waals surface area contributed by atoms with Crippen LogP contribution in [0.5, 0.6) is 11.5 Å². The van der Waals surface area contributed by atoms with Gasteiger partial charge in [0.25, 0.3) is 5.56 Å². The van der Waals surface area contributed by atoms with Gasteiger partial charge in [-0.25, -0.2) is 4.98 Å². The molecule has 8 heteroatoms. The number of nitrogens with one attached hydrogen (secondary N) is 1. The molecule has 146 valence electrons. The fraction of sp³-hybridized carbons (Fsp3) is 0.250. The molecule has 1 aromatic heterocycles. The second-order valence-corrected chi connectivity index (χ2v) is 6.98. The zero-order valence-corrected chi connectivity index (χ0v) is 16.7. The lowest BCUT2D eigenvalue weighted by Gasteiger charge is -2.11. The van der Waals surface area contributed by atoms with E-state index in [-0.39, 0.29) is 17.2 Å². The summed E-state index contributed by atoms with van der Waals surface area (Å²) in [6, 6.07) is 12.8. The molecule has 1 heterocycles. The molecule has 0 saturated carbocycles. The Hall–Kier alpha value is -3.00. The first-order valence-corrected chi connectivity index (χ1v) is 9.58. The molecule has 3 aromatic rings. The number of hydrogen-bond donors (Lipinski definition) is 1. The zero-order valence-electron chi connectivity index (χ0n) is 15.9. The molecule has 1 amide bonds. The molecule has 7 nitrogen and oxygen atoms in total. The predicted octanol–water partition coefficient (Wildman–Crippen LogP) is 2.36. The van der Waals surface area contributed by atoms with Gasteiger partial charge in [-0.05, 0) is 30.3 Å². The lowest BCUT2D eigenvalue weighted by molar-refractivity contribution is -0.118. The maximum atomic E-state index is 12.4. The number of amides is 1. The van der Waals surface area contributed by atoms with Gasteiger partial charge in [0, 0.05) is 19.2 Å². The lowest BCUT2D eigenvalue weighted by Crippen LogP contribution is -2.26. The third-order valence-electron chi connectivity index (χ3n) is 4.26. The van der Waals surface area contributed by atoms with Crippen molar-refractivity contribution in [2.75, 3.05) is 20.0 Å². The normalized spacial score (nSPS) is 10.7. The van der Waals surface area contributed by atoms with E-state index in [0.29, 0.717) is 28.6 Å². The van der Waals surface area contributed by atoms with Crippen molar-refractivity contribution in [1.29, 1.82) is 0 Å². The van der Waals surface area contributed by atoms with E-state index >= 15 is 0 Å². The van der Waals surface area contributed by atoms with E-state index in [2.05, 4.69) is 10.3 Å². The molecule has 0 bridgehead atoms. The van der Waals surface area contributed by atoms with Crippen molar-refractivity contribution in [2.45, 2.75) is 11.6 Å². The van der Waals surface area contributed by atoms with Gasteiger partial charge in [-0.1, -0.05) is 23.9 Å². The van der Waals surface area contributed by atoms with Gasteiger partial charge in [0.15, 0.2) is 5.03 Å². The zero-order chi connectivity index (χ0) is 20.1. The van der Waals surface area contributed by atoms with Gasteiger partial charge in [-0.15, -0.1) is 0 Å². The number of nitrogens with zero attached hydrogens (tertiary/aromatic N) is 2. The van der Waals surface area contributed by atoms with Crippen LogP contribution < -0.4 is 20.3 Å². The lowest BCUT2D eigenvalue weighted by atomic mass is 10.2. The number of hydrogen-bond acceptors (Lipinski definition) is 6. The van der Waals surface area contributed by atoms with Crippen LogP contribution in [0.4, 0.5) is 0 Å². The summed E-state index contributed by atoms with van der Waals surface area (Å²) in [6.45, 7) is 0.295. The summed E-state index contributed by atoms with van der Waals surface area (Å²) >= 11 is 1.12. The summed E-state index contributed by atoms with van der Waals surface area (Å²) in [6.07, 6.45) is 0. The SMILES string of the molecule is COc1ccc(OC)c(CNC(=O)CSc2nc3ccccc3n(C)c2=O)c1. The first kappa shape index (κ1) is 19.8. The number of fused-ring (bicyclic) bond motifs is 1. The maximum Gasteiger partial charge on any atom is 0.283 e. The van der Waals surface area contributed by atoms with E-state index in [0.717, 1.165) is 22.8 Å². The summed E-state index contributed by atoms with van der Waals surface area (Å²) in [7, 11) is 4.85. The molecule has 1 N–H and O–H groups in total. The van der Waals surface area contributed by atoms with Gasteiger partial charge < -0.3 is 19.4 Å². The molecule has 0 atom stereocenters. The van der Waals surface area contributed by atoms with E-state index in [1.54, 1.807) is 38.0 Å². The molecular weight excluding hydrogens is 378 g/mol. The van der Waals surface area contributed by atoms with Crippen molar-refractivity contribution in [3.63, 3.8) is 0 Å². The monoisotopic (exact) mass is 399 g/mol. The molecule has 0 fully saturated rings. The number of rotatable bonds is 7. The number of aromatic nitrogens is 2. The Morgan fingerprint density at radius 2 is 1.96 bits per heavy atom. The topological polar surface area (TPSA) is 82.4 Å². The fourth-order valence-corrected chi connectivity index (χ4v) is 3.54. The summed E-state index contributed by atoms with van der Waals surface area (Å²) in [4.78, 5) is 29.1. The number of para-hydroxylation sites is 2. The number of carbonyl (C=O) groups is 1. The van der Waals surface area contributed by atoms with E-state index in [1.165, 1.54) is 0 Å². The molecule has 0 saturated heterocycles. The molecule has 28 heavy (non-hydrogen) atoms. The molecule has 0 aliphatic rings. The van der Waals surface area contributed by atoms with Gasteiger partial charge in [0.2, 0.25) is 5.91 Å². The highest BCUT2D eigenvalue weighted by atomic mass is 32.2. The average Bonchev–Trinajstić information content (AvgIpc) is 2.73. The smallest absolute Gasteiger partial charge is 0.283 e. The Balaban J connectivity index is 1.66. The van der Waals surface area contributed by atoms with E-state index < -0.39 is 0 Å². The van der Waals surface area contributed by atoms with Gasteiger partial charge in [0.05, 0.1) is 31.0 Å². The molecule has 3 rings (SSSR count). The second kappa shape index (κ2) is 8.79. The first-order valence-electron chi connectivity index (χ1n) is 8.59. The molecular formula is C20H21N3O4S. The van der Waals surface area contributed by atoms with Crippen LogP contribution in [0.3, 0.4) is 0 Å². The minimum atomic E-state index is -0.217. The first-order chi connectivity index (χ1) is 13.5. The number of thioether (sulfide) groups is 1. The Labute approximate surface area is 166 Å². The summed E-state index contributed by atoms with van der Waals surface area (Å²) < 4.78 is 12.1. The van der Waals surface area contributed by atoms with Crippen molar-refractivity contribution < 1.29 is 14.3 Å². The number of aryl methyl sites for hydroxylation is 1. The Bertz CT molecular complexity index is 1060. The average molecular weight is 399 g/mol. The minimum Gasteiger partial charge on any atom is -0.497 e. The Morgan fingerprint density at radius 1 is 1.18 bits per heavy atom. The number of ether oxygens (including phenoxy) is 2. The molecule has 0 aliphatic carbocycles. The van der Waals surface area contributed by atoms with E-state index in [4.69, 9.17) is 9.47 Å². The van der Waals surface area contributed by atoms with Crippen molar-refractivity contribution in [3.8, 4) is 11.5 Å². The van der Waals surface area contributed by atoms with Gasteiger partial charge in [-0.3, -0.25) is 9.59 Å². The molecule has 0 aliphatic heterocycles. The summed E-state index contributed by atoms with van der Waals surface area (Å²) in [5.74, 6) is 1.24. The van der Waals surface area contributed by atoms with Crippen LogP contribution in [-0.4, -0.2) is 35.4 Å². The minimum absolute atomic E-state index is 0.0901. The Morgan fingerprint density at radius 3 is 2.71 bits per heavy atom. The van der Waals surface area contributed by atoms with Crippen LogP contribution in [0.2, 0.25) is 0 Å². The standard InChI is InChI=1S/C20H21N3O4S/c1-23-16-7-5-4-6-15(16)22-19(20(23)25)28-12-18(24)21-11-13-10-14(26-2)8-9-17(13)27-3/h4-10H,11-12H2,1-3H3,(H,21,24). The molecule has 0 unspecified atom stereocenters. The van der Waals surface area contributed by atoms with Crippen molar-refractivity contribution >= 4 is 28.7 Å². The van der Waals surface area contributed by atoms with Crippen LogP contribution in [0, 0.1) is 0 Å². The highest BCUT2D eigenvalue weighted by Crippen LogP contribution is 2.24. The number of methoxy groups -OCH3 is 2. The number of carbonyl (C=O) groups excluding carboxylic acids is 1. The third-order valence-corrected chi connectivity index (χ3v) is 5.20. The van der Waals surface area contributed by atoms with Crippen molar-refractivity contribution in [1.82, 2.24) is 14.9 Å². The van der Waals surface area contributed by atoms with Crippen LogP contribution in [-0.2, 0) is 18.4 Å². The van der Waals surface area contributed by atoms with Gasteiger partial charge >= 0.3 is 0 Å². The fourth-order valence-electron chi connectivity index (χ4n) is 2.75. The Kier molecular flexibility index (Phi) is 6.20. The van der Waals surface area contributed by atoms with Gasteiger partial charge in [-0.2, -0.15) is 0 Å². The van der Waals surface area contributed by atoms with Crippen LogP contribution in [0.15, 0.2) is 52.3 Å². The maximum absolute atomic E-state index is 12.4. The summed E-state index contributed by atoms with van der Waals surface area (Å²) in [5.41, 5.74) is 2.06. The highest BCUT2D eigenvalue weighted by molar-refractivity contribution is 7.99. The van der Waals surface area contributed by atoms with E-state index in [1.807, 2.05) is 30.3 Å². The van der Waals surface area contributed by atoms with Crippen LogP contribution in [0.1, 0.15) is 5.56 Å². The predicted molar refractivity (Wildman–Crippen MR) is 109 cm³/mol. The van der Waals surface area contributed by atoms with Crippen molar-refractivity contribution in [2.24, 2.45) is 7.05 Å². The molecule has 0 spiro atoms. The molecule has 2 aromatic carbocycles. The van der Waals surface area contributed by atoms with Crippen LogP contribution in [0.25, 0.3) is 11.0 Å². The van der Waals surface area contributed by atoms with Crippen LogP contribution >= 0.6 is 11.8 Å². The van der Waals surface area contributed by atoms with Crippen molar-refractivity contribution in [3.05, 3.63) is 58.4 Å². The van der Waals surface area contributed by atoms with E-state index in [9.17, 15) is 9.59 Å². The third kappa shape index (κ3) is 4.28. The number of benzene rings is 2.